The molecule has 2 fully saturated rings. The van der Waals surface area contributed by atoms with Crippen molar-refractivity contribution in [3.8, 4) is 16.9 Å². The maximum absolute atomic E-state index is 14.3. The van der Waals surface area contributed by atoms with Gasteiger partial charge in [-0.15, -0.1) is 0 Å². The second-order valence-electron chi connectivity index (χ2n) is 13.5. The maximum atomic E-state index is 14.3. The third-order valence-electron chi connectivity index (χ3n) is 9.80. The fourth-order valence-corrected chi connectivity index (χ4v) is 7.59. The number of likely N-dealkylation sites (N-methyl/N-ethyl adjacent to an activating group) is 2. The molecule has 6 atom stereocenters. The van der Waals surface area contributed by atoms with Gasteiger partial charge < -0.3 is 31.1 Å². The number of Topliss-reactive ketones (excluding diaryl/α,β-unsaturated/α-hetero) is 4. The van der Waals surface area contributed by atoms with Crippen molar-refractivity contribution in [1.82, 2.24) is 15.1 Å². The summed E-state index contributed by atoms with van der Waals surface area (Å²) in [7, 11) is 10.4. The maximum Gasteiger partial charge on any atom is 0.251 e. The summed E-state index contributed by atoms with van der Waals surface area (Å²) in [6, 6.07) is 7.14. The Morgan fingerprint density at radius 1 is 1.02 bits per heavy atom. The van der Waals surface area contributed by atoms with Crippen LogP contribution in [0.4, 0.5) is 5.69 Å². The zero-order chi connectivity index (χ0) is 34.7. The Bertz CT molecular complexity index is 1700. The molecule has 47 heavy (non-hydrogen) atoms. The molecule has 2 aromatic rings. The first-order chi connectivity index (χ1) is 22.0. The number of aliphatic hydroxyl groups is 1. The van der Waals surface area contributed by atoms with Gasteiger partial charge in [0.1, 0.15) is 5.75 Å². The van der Waals surface area contributed by atoms with Crippen LogP contribution in [0.5, 0.6) is 5.75 Å². The summed E-state index contributed by atoms with van der Waals surface area (Å²) >= 11 is 0. The van der Waals surface area contributed by atoms with Crippen LogP contribution in [0.25, 0.3) is 11.1 Å². The zero-order valence-electron chi connectivity index (χ0n) is 27.4. The Morgan fingerprint density at radius 3 is 2.30 bits per heavy atom. The van der Waals surface area contributed by atoms with Gasteiger partial charge in [-0.25, -0.2) is 0 Å². The van der Waals surface area contributed by atoms with Crippen LogP contribution < -0.4 is 16.0 Å². The number of primary amides is 1. The number of fused-ring (bicyclic) bond motifs is 3. The predicted octanol–water partition coefficient (Wildman–Crippen LogP) is -0.109. The number of aromatic hydroxyl groups is 1. The second-order valence-corrected chi connectivity index (χ2v) is 13.5. The molecule has 2 saturated carbocycles. The van der Waals surface area contributed by atoms with E-state index in [-0.39, 0.29) is 29.9 Å². The summed E-state index contributed by atoms with van der Waals surface area (Å²) in [5, 5.41) is 26.4. The lowest BCUT2D eigenvalue weighted by Crippen LogP contribution is -2.74. The number of carbonyl (C=O) groups is 6. The molecule has 0 radical (unpaired) electrons. The van der Waals surface area contributed by atoms with E-state index >= 15 is 0 Å². The minimum Gasteiger partial charge on any atom is -0.507 e. The molecule has 5 rings (SSSR count). The van der Waals surface area contributed by atoms with Crippen molar-refractivity contribution in [1.29, 1.82) is 0 Å². The van der Waals surface area contributed by atoms with Gasteiger partial charge in [0.15, 0.2) is 34.7 Å². The van der Waals surface area contributed by atoms with Gasteiger partial charge in [-0.05, 0) is 76.3 Å². The molecule has 0 bridgehead atoms. The number of nitrogens with zero attached hydrogens (tertiary/aromatic N) is 3. The number of nitrogens with one attached hydrogen (secondary N) is 1. The number of nitrogens with two attached hydrogens (primary N) is 1. The van der Waals surface area contributed by atoms with Crippen LogP contribution in [0.15, 0.2) is 30.3 Å². The Labute approximate surface area is 272 Å². The number of amides is 2. The van der Waals surface area contributed by atoms with Crippen molar-refractivity contribution in [3.63, 3.8) is 0 Å². The number of phenols is 1. The predicted molar refractivity (Wildman–Crippen MR) is 172 cm³/mol. The molecule has 2 unspecified atom stereocenters. The van der Waals surface area contributed by atoms with E-state index < -0.39 is 70.1 Å². The monoisotopic (exact) mass is 647 g/mol. The van der Waals surface area contributed by atoms with Crippen LogP contribution in [0.1, 0.15) is 32.7 Å². The van der Waals surface area contributed by atoms with Crippen molar-refractivity contribution in [2.45, 2.75) is 24.5 Å². The quantitative estimate of drug-likeness (QED) is 0.280. The van der Waals surface area contributed by atoms with E-state index in [1.807, 2.05) is 19.0 Å². The highest BCUT2D eigenvalue weighted by Crippen LogP contribution is 2.53. The fourth-order valence-electron chi connectivity index (χ4n) is 7.59. The molecular weight excluding hydrogens is 606 g/mol. The van der Waals surface area contributed by atoms with Gasteiger partial charge in [-0.1, -0.05) is 12.1 Å². The Kier molecular flexibility index (Phi) is 8.86. The summed E-state index contributed by atoms with van der Waals surface area (Å²) < 4.78 is 0. The SMILES string of the molecule is CN(C)CCNC(=O)c1cccc(-c2cc(N(C)C)c3c(c2O)C(=O)C2C(=O)[C@]4(O)C(=O)C(C(N)=O)C(=O)[C@@H](N(C)C)[C@@H]4C[C@@H]2C3)c1. The van der Waals surface area contributed by atoms with Gasteiger partial charge >= 0.3 is 0 Å². The molecule has 0 heterocycles. The highest BCUT2D eigenvalue weighted by atomic mass is 16.3. The van der Waals surface area contributed by atoms with E-state index in [2.05, 4.69) is 5.32 Å². The number of phenolic OH excluding ortho intramolecular Hbond substituents is 1. The van der Waals surface area contributed by atoms with Gasteiger partial charge in [0.25, 0.3) is 5.91 Å². The van der Waals surface area contributed by atoms with E-state index in [0.717, 1.165) is 0 Å². The number of hydrogen-bond acceptors (Lipinski definition) is 11. The van der Waals surface area contributed by atoms with Crippen LogP contribution >= 0.6 is 0 Å². The van der Waals surface area contributed by atoms with Gasteiger partial charge in [0.05, 0.1) is 17.5 Å². The number of ketones is 4. The number of rotatable bonds is 8. The summed E-state index contributed by atoms with van der Waals surface area (Å²) in [5.41, 5.74) is 4.63. The van der Waals surface area contributed by atoms with Gasteiger partial charge in [0.2, 0.25) is 5.91 Å². The standard InChI is InChI=1S/C34H41N5O8/c1-37(2)11-10-36-33(46)17-9-7-8-16(12-17)19-15-22(38(3)4)20-13-18-14-21-26(39(5)6)29(42)25(32(35)45)31(44)34(21,47)30(43)23(18)28(41)24(20)27(19)40/h7-9,12,15,18,21,23,25-26,40,47H,10-11,13-14H2,1-6H3,(H2,35,45)(H,36,46)/t18-,21-,23?,25?,26-,34-/m0/s1. The summed E-state index contributed by atoms with van der Waals surface area (Å²) in [6.45, 7) is 1.07. The topological polar surface area (TPSA) is 191 Å². The van der Waals surface area contributed by atoms with Crippen LogP contribution in [0.3, 0.4) is 0 Å². The van der Waals surface area contributed by atoms with Crippen molar-refractivity contribution >= 4 is 40.6 Å². The van der Waals surface area contributed by atoms with E-state index in [9.17, 15) is 39.0 Å². The highest BCUT2D eigenvalue weighted by Gasteiger charge is 2.69. The molecule has 250 valence electrons. The lowest BCUT2D eigenvalue weighted by Gasteiger charge is -2.52. The number of carbonyl (C=O) groups excluding carboxylic acids is 6. The Hall–Kier alpha value is -4.46. The molecule has 2 amide bonds. The van der Waals surface area contributed by atoms with Crippen molar-refractivity contribution in [2.75, 3.05) is 60.3 Å². The molecule has 5 N–H and O–H groups in total. The van der Waals surface area contributed by atoms with Gasteiger partial charge in [-0.2, -0.15) is 0 Å². The van der Waals surface area contributed by atoms with Gasteiger partial charge in [0, 0.05) is 49.9 Å². The van der Waals surface area contributed by atoms with Crippen LogP contribution in [0, 0.1) is 23.7 Å². The summed E-state index contributed by atoms with van der Waals surface area (Å²) in [6.07, 6.45) is 0.103. The number of anilines is 1. The molecule has 3 aliphatic carbocycles. The van der Waals surface area contributed by atoms with Crippen molar-refractivity contribution < 1.29 is 39.0 Å². The minimum atomic E-state index is -2.80. The third-order valence-corrected chi connectivity index (χ3v) is 9.80. The first-order valence-corrected chi connectivity index (χ1v) is 15.5. The van der Waals surface area contributed by atoms with Crippen LogP contribution in [-0.4, -0.2) is 122 Å². The Morgan fingerprint density at radius 2 is 1.70 bits per heavy atom. The molecular formula is C34H41N5O8. The molecule has 0 spiro atoms. The molecule has 0 aliphatic heterocycles. The first-order valence-electron chi connectivity index (χ1n) is 15.5. The summed E-state index contributed by atoms with van der Waals surface area (Å²) in [5.74, 6) is -11.4. The normalized spacial score (nSPS) is 27.0. The minimum absolute atomic E-state index is 0.0374. The lowest BCUT2D eigenvalue weighted by molar-refractivity contribution is -0.181. The van der Waals surface area contributed by atoms with E-state index in [4.69, 9.17) is 5.73 Å². The molecule has 13 nitrogen and oxygen atoms in total. The fraction of sp³-hybridized carbons (Fsp3) is 0.471. The molecule has 2 aromatic carbocycles. The molecule has 3 aliphatic rings. The average molecular weight is 648 g/mol. The Balaban J connectivity index is 1.60. The molecule has 0 aromatic heterocycles. The highest BCUT2D eigenvalue weighted by molar-refractivity contribution is 6.32. The van der Waals surface area contributed by atoms with Crippen molar-refractivity contribution in [3.05, 3.63) is 47.0 Å². The largest absolute Gasteiger partial charge is 0.507 e. The van der Waals surface area contributed by atoms with E-state index in [1.165, 1.54) is 4.90 Å². The molecule has 0 saturated heterocycles. The zero-order valence-corrected chi connectivity index (χ0v) is 27.4. The lowest BCUT2D eigenvalue weighted by atomic mass is 9.52. The first kappa shape index (κ1) is 33.9. The van der Waals surface area contributed by atoms with Crippen molar-refractivity contribution in [2.24, 2.45) is 29.4 Å². The number of benzene rings is 2. The van der Waals surface area contributed by atoms with E-state index in [0.29, 0.717) is 35.5 Å². The summed E-state index contributed by atoms with van der Waals surface area (Å²) in [4.78, 5) is 85.7. The second kappa shape index (κ2) is 12.3. The molecule has 13 heteroatoms. The average Bonchev–Trinajstić information content (AvgIpc) is 2.98. The van der Waals surface area contributed by atoms with Crippen LogP contribution in [0.2, 0.25) is 0 Å². The number of hydrogen-bond donors (Lipinski definition) is 4. The van der Waals surface area contributed by atoms with Gasteiger partial charge in [-0.3, -0.25) is 33.7 Å². The smallest absolute Gasteiger partial charge is 0.251 e. The van der Waals surface area contributed by atoms with Crippen LogP contribution in [-0.2, 0) is 25.6 Å². The van der Waals surface area contributed by atoms with E-state index in [1.54, 1.807) is 63.4 Å². The third kappa shape index (κ3) is 5.41.